The van der Waals surface area contributed by atoms with Crippen molar-refractivity contribution >= 4 is 21.7 Å². The normalized spacial score (nSPS) is 11.3. The van der Waals surface area contributed by atoms with E-state index in [-0.39, 0.29) is 23.5 Å². The lowest BCUT2D eigenvalue weighted by Crippen LogP contribution is -2.29. The molecule has 110 valence electrons. The molecule has 20 heavy (non-hydrogen) atoms. The molecule has 8 nitrogen and oxygen atoms in total. The minimum Gasteiger partial charge on any atom is -0.469 e. The summed E-state index contributed by atoms with van der Waals surface area (Å²) in [7, 11) is -1.38. The molecule has 0 fully saturated rings. The summed E-state index contributed by atoms with van der Waals surface area (Å²) in [6.45, 7) is -0.0717. The lowest BCUT2D eigenvalue weighted by Gasteiger charge is -2.16. The van der Waals surface area contributed by atoms with Gasteiger partial charge in [0, 0.05) is 25.7 Å². The number of ether oxygens (including phenoxy) is 1. The van der Waals surface area contributed by atoms with Crippen molar-refractivity contribution in [3.8, 4) is 0 Å². The maximum Gasteiger partial charge on any atom is 0.306 e. The summed E-state index contributed by atoms with van der Waals surface area (Å²) in [5.41, 5.74) is -0.313. The number of carbonyl (C=O) groups is 1. The fraction of sp³-hybridized carbons (Fsp3) is 0.364. The van der Waals surface area contributed by atoms with Crippen LogP contribution in [0.15, 0.2) is 29.2 Å². The van der Waals surface area contributed by atoms with Crippen LogP contribution in [0.2, 0.25) is 0 Å². The minimum absolute atomic E-state index is 0.0717. The highest BCUT2D eigenvalue weighted by molar-refractivity contribution is 7.89. The zero-order valence-corrected chi connectivity index (χ0v) is 11.8. The van der Waals surface area contributed by atoms with Crippen molar-refractivity contribution in [1.82, 2.24) is 4.31 Å². The van der Waals surface area contributed by atoms with E-state index in [1.165, 1.54) is 32.4 Å². The summed E-state index contributed by atoms with van der Waals surface area (Å²) in [5.74, 6) is -0.536. The van der Waals surface area contributed by atoms with Crippen LogP contribution in [-0.4, -0.2) is 44.3 Å². The fourth-order valence-electron chi connectivity index (χ4n) is 1.41. The first-order valence-electron chi connectivity index (χ1n) is 5.56. The number of esters is 1. The highest BCUT2D eigenvalue weighted by Gasteiger charge is 2.23. The average molecular weight is 302 g/mol. The smallest absolute Gasteiger partial charge is 0.306 e. The van der Waals surface area contributed by atoms with E-state index in [4.69, 9.17) is 0 Å². The number of nitro groups is 1. The molecule has 9 heteroatoms. The van der Waals surface area contributed by atoms with E-state index >= 15 is 0 Å². The first kappa shape index (κ1) is 16.1. The van der Waals surface area contributed by atoms with E-state index in [0.717, 1.165) is 10.4 Å². The second kappa shape index (κ2) is 6.44. The number of hydrogen-bond donors (Lipinski definition) is 0. The van der Waals surface area contributed by atoms with Crippen molar-refractivity contribution in [2.24, 2.45) is 0 Å². The molecule has 0 spiro atoms. The van der Waals surface area contributed by atoms with Gasteiger partial charge >= 0.3 is 5.97 Å². The van der Waals surface area contributed by atoms with Gasteiger partial charge in [-0.15, -0.1) is 0 Å². The predicted molar refractivity (Wildman–Crippen MR) is 69.5 cm³/mol. The van der Waals surface area contributed by atoms with E-state index in [9.17, 15) is 23.3 Å². The summed E-state index contributed by atoms with van der Waals surface area (Å²) in [5, 5.41) is 10.6. The fourth-order valence-corrected chi connectivity index (χ4v) is 2.62. The van der Waals surface area contributed by atoms with Crippen molar-refractivity contribution < 1.29 is 22.9 Å². The lowest BCUT2D eigenvalue weighted by atomic mass is 10.3. The van der Waals surface area contributed by atoms with Crippen molar-refractivity contribution in [1.29, 1.82) is 0 Å². The lowest BCUT2D eigenvalue weighted by molar-refractivity contribution is -0.385. The summed E-state index contributed by atoms with van der Waals surface area (Å²) in [6, 6.07) is 4.73. The number of nitro benzene ring substituents is 1. The summed E-state index contributed by atoms with van der Waals surface area (Å²) < 4.78 is 29.7. The van der Waals surface area contributed by atoms with E-state index < -0.39 is 20.9 Å². The number of rotatable bonds is 6. The van der Waals surface area contributed by atoms with Crippen LogP contribution >= 0.6 is 0 Å². The Morgan fingerprint density at radius 1 is 1.45 bits per heavy atom. The monoisotopic (exact) mass is 302 g/mol. The topological polar surface area (TPSA) is 107 Å². The van der Waals surface area contributed by atoms with E-state index in [0.29, 0.717) is 0 Å². The number of carbonyl (C=O) groups excluding carboxylic acids is 1. The number of non-ortho nitro benzene ring substituents is 1. The molecular weight excluding hydrogens is 288 g/mol. The molecular formula is C11H14N2O6S. The zero-order chi connectivity index (χ0) is 15.3. The van der Waals surface area contributed by atoms with Crippen molar-refractivity contribution in [2.45, 2.75) is 11.3 Å². The first-order chi connectivity index (χ1) is 9.28. The molecule has 1 aromatic carbocycles. The number of hydrogen-bond acceptors (Lipinski definition) is 6. The van der Waals surface area contributed by atoms with Crippen LogP contribution < -0.4 is 0 Å². The molecule has 0 atom stereocenters. The molecule has 0 aromatic heterocycles. The van der Waals surface area contributed by atoms with Gasteiger partial charge in [-0.2, -0.15) is 0 Å². The van der Waals surface area contributed by atoms with Gasteiger partial charge in [0.1, 0.15) is 0 Å². The number of nitrogens with zero attached hydrogens (tertiary/aromatic N) is 2. The maximum absolute atomic E-state index is 12.2. The third-order valence-corrected chi connectivity index (χ3v) is 4.45. The number of methoxy groups -OCH3 is 1. The minimum atomic E-state index is -3.88. The van der Waals surface area contributed by atoms with Gasteiger partial charge in [-0.3, -0.25) is 14.9 Å². The molecule has 0 unspecified atom stereocenters. The highest BCUT2D eigenvalue weighted by Crippen LogP contribution is 2.20. The summed E-state index contributed by atoms with van der Waals surface area (Å²) in [4.78, 5) is 20.8. The second-order valence-electron chi connectivity index (χ2n) is 3.91. The van der Waals surface area contributed by atoms with Crippen LogP contribution in [0.1, 0.15) is 6.42 Å². The Kier molecular flexibility index (Phi) is 5.17. The van der Waals surface area contributed by atoms with E-state index in [1.807, 2.05) is 0 Å². The van der Waals surface area contributed by atoms with Gasteiger partial charge in [-0.05, 0) is 6.07 Å². The van der Waals surface area contributed by atoms with E-state index in [1.54, 1.807) is 0 Å². The molecule has 0 saturated heterocycles. The van der Waals surface area contributed by atoms with Crippen LogP contribution in [0.5, 0.6) is 0 Å². The first-order valence-corrected chi connectivity index (χ1v) is 7.00. The van der Waals surface area contributed by atoms with Gasteiger partial charge in [0.2, 0.25) is 10.0 Å². The Labute approximate surface area is 116 Å². The molecule has 0 amide bonds. The van der Waals surface area contributed by atoms with Crippen molar-refractivity contribution in [3.05, 3.63) is 34.4 Å². The molecule has 1 aromatic rings. The van der Waals surface area contributed by atoms with Crippen LogP contribution in [0.4, 0.5) is 5.69 Å². The van der Waals surface area contributed by atoms with Gasteiger partial charge in [0.15, 0.2) is 0 Å². The number of sulfonamides is 1. The maximum atomic E-state index is 12.2. The number of benzene rings is 1. The second-order valence-corrected chi connectivity index (χ2v) is 5.95. The third kappa shape index (κ3) is 3.75. The quantitative estimate of drug-likeness (QED) is 0.436. The Balaban J connectivity index is 2.95. The van der Waals surface area contributed by atoms with Gasteiger partial charge in [-0.25, -0.2) is 12.7 Å². The Morgan fingerprint density at radius 3 is 2.65 bits per heavy atom. The molecule has 0 N–H and O–H groups in total. The SMILES string of the molecule is COC(=O)CCN(C)S(=O)(=O)c1cccc([N+](=O)[O-])c1. The Hall–Kier alpha value is -2.00. The van der Waals surface area contributed by atoms with Gasteiger partial charge in [-0.1, -0.05) is 6.07 Å². The molecule has 0 aliphatic rings. The molecule has 0 bridgehead atoms. The van der Waals surface area contributed by atoms with Gasteiger partial charge < -0.3 is 4.74 Å². The van der Waals surface area contributed by atoms with Crippen LogP contribution in [0.25, 0.3) is 0 Å². The standard InChI is InChI=1S/C11H14N2O6S/c1-12(7-6-11(14)19-2)20(17,18)10-5-3-4-9(8-10)13(15)16/h3-5,8H,6-7H2,1-2H3. The van der Waals surface area contributed by atoms with Crippen LogP contribution in [0.3, 0.4) is 0 Å². The Bertz CT molecular complexity index is 613. The van der Waals surface area contributed by atoms with Crippen LogP contribution in [-0.2, 0) is 19.6 Å². The molecule has 0 heterocycles. The molecule has 0 radical (unpaired) electrons. The van der Waals surface area contributed by atoms with Crippen molar-refractivity contribution in [3.63, 3.8) is 0 Å². The molecule has 0 aliphatic heterocycles. The van der Waals surface area contributed by atoms with Crippen LogP contribution in [0, 0.1) is 10.1 Å². The molecule has 0 aliphatic carbocycles. The largest absolute Gasteiger partial charge is 0.469 e. The van der Waals surface area contributed by atoms with Gasteiger partial charge in [0.25, 0.3) is 5.69 Å². The molecule has 1 rings (SSSR count). The zero-order valence-electron chi connectivity index (χ0n) is 11.0. The third-order valence-electron chi connectivity index (χ3n) is 2.60. The predicted octanol–water partition coefficient (Wildman–Crippen LogP) is 0.778. The average Bonchev–Trinajstić information content (AvgIpc) is 2.44. The van der Waals surface area contributed by atoms with Crippen molar-refractivity contribution in [2.75, 3.05) is 20.7 Å². The van der Waals surface area contributed by atoms with E-state index in [2.05, 4.69) is 4.74 Å². The molecule has 0 saturated carbocycles. The summed E-state index contributed by atoms with van der Waals surface area (Å²) >= 11 is 0. The summed E-state index contributed by atoms with van der Waals surface area (Å²) in [6.07, 6.45) is -0.0961. The Morgan fingerprint density at radius 2 is 2.10 bits per heavy atom. The highest BCUT2D eigenvalue weighted by atomic mass is 32.2. The van der Waals surface area contributed by atoms with Gasteiger partial charge in [0.05, 0.1) is 23.3 Å².